The van der Waals surface area contributed by atoms with E-state index >= 15 is 0 Å². The number of benzene rings is 1. The zero-order valence-electron chi connectivity index (χ0n) is 12.4. The first-order valence-electron chi connectivity index (χ1n) is 6.86. The van der Waals surface area contributed by atoms with E-state index in [1.807, 2.05) is 0 Å². The van der Waals surface area contributed by atoms with Crippen LogP contribution >= 0.6 is 0 Å². The average molecular weight is 336 g/mol. The van der Waals surface area contributed by atoms with Gasteiger partial charge in [0.2, 0.25) is 0 Å². The maximum Gasteiger partial charge on any atom is 0.416 e. The van der Waals surface area contributed by atoms with Crippen molar-refractivity contribution in [3.05, 3.63) is 59.2 Å². The first kappa shape index (κ1) is 15.9. The van der Waals surface area contributed by atoms with Gasteiger partial charge in [-0.15, -0.1) is 5.10 Å². The van der Waals surface area contributed by atoms with Crippen LogP contribution in [0.4, 0.5) is 13.2 Å². The summed E-state index contributed by atoms with van der Waals surface area (Å²) >= 11 is 0. The fraction of sp³-hybridized carbons (Fsp3) is 0.200. The Bertz CT molecular complexity index is 905. The quantitative estimate of drug-likeness (QED) is 0.688. The van der Waals surface area contributed by atoms with Crippen LogP contribution in [0.5, 0.6) is 0 Å². The Labute approximate surface area is 133 Å². The van der Waals surface area contributed by atoms with Crippen molar-refractivity contribution in [1.82, 2.24) is 19.6 Å². The molecule has 6 nitrogen and oxygen atoms in total. The summed E-state index contributed by atoms with van der Waals surface area (Å²) in [7, 11) is 0. The largest absolute Gasteiger partial charge is 0.455 e. The van der Waals surface area contributed by atoms with Gasteiger partial charge in [0.1, 0.15) is 6.61 Å². The van der Waals surface area contributed by atoms with Crippen LogP contribution in [0.1, 0.15) is 27.4 Å². The Balaban J connectivity index is 1.74. The summed E-state index contributed by atoms with van der Waals surface area (Å²) in [6.45, 7) is 1.45. The molecule has 0 unspecified atom stereocenters. The van der Waals surface area contributed by atoms with Gasteiger partial charge in [0.25, 0.3) is 11.6 Å². The molecule has 0 saturated carbocycles. The SMILES string of the molecule is Cc1ccnc2nc(C(=O)OCc3cccc(C(F)(F)F)c3)nn12. The third-order valence-corrected chi connectivity index (χ3v) is 3.24. The zero-order chi connectivity index (χ0) is 17.3. The molecule has 0 fully saturated rings. The van der Waals surface area contributed by atoms with E-state index in [-0.39, 0.29) is 23.8 Å². The van der Waals surface area contributed by atoms with Gasteiger partial charge in [0.15, 0.2) is 0 Å². The lowest BCUT2D eigenvalue weighted by atomic mass is 10.1. The number of aryl methyl sites for hydroxylation is 1. The zero-order valence-corrected chi connectivity index (χ0v) is 12.4. The number of halogens is 3. The minimum absolute atomic E-state index is 0.205. The lowest BCUT2D eigenvalue weighted by molar-refractivity contribution is -0.137. The van der Waals surface area contributed by atoms with Crippen LogP contribution < -0.4 is 0 Å². The van der Waals surface area contributed by atoms with Gasteiger partial charge >= 0.3 is 12.1 Å². The van der Waals surface area contributed by atoms with Crippen molar-refractivity contribution in [2.24, 2.45) is 0 Å². The number of carbonyl (C=O) groups excluding carboxylic acids is 1. The van der Waals surface area contributed by atoms with Crippen molar-refractivity contribution in [1.29, 1.82) is 0 Å². The standard InChI is InChI=1S/C15H11F3N4O2/c1-9-5-6-19-14-20-12(21-22(9)14)13(23)24-8-10-3-2-4-11(7-10)15(16,17)18/h2-7H,8H2,1H3. The number of aromatic nitrogens is 4. The van der Waals surface area contributed by atoms with Crippen LogP contribution in [-0.2, 0) is 17.5 Å². The molecule has 0 atom stereocenters. The highest BCUT2D eigenvalue weighted by atomic mass is 19.4. The van der Waals surface area contributed by atoms with E-state index in [9.17, 15) is 18.0 Å². The molecule has 1 aromatic carbocycles. The van der Waals surface area contributed by atoms with E-state index in [1.54, 1.807) is 13.0 Å². The first-order valence-corrected chi connectivity index (χ1v) is 6.86. The fourth-order valence-electron chi connectivity index (χ4n) is 2.04. The molecule has 0 bridgehead atoms. The van der Waals surface area contributed by atoms with Crippen molar-refractivity contribution in [3.63, 3.8) is 0 Å². The van der Waals surface area contributed by atoms with Crippen LogP contribution in [0.3, 0.4) is 0 Å². The van der Waals surface area contributed by atoms with Crippen LogP contribution in [-0.4, -0.2) is 25.6 Å². The van der Waals surface area contributed by atoms with Gasteiger partial charge in [-0.3, -0.25) is 0 Å². The number of hydrogen-bond acceptors (Lipinski definition) is 5. The summed E-state index contributed by atoms with van der Waals surface area (Å²) in [5.41, 5.74) is 0.141. The molecule has 0 radical (unpaired) electrons. The second-order valence-corrected chi connectivity index (χ2v) is 5.01. The van der Waals surface area contributed by atoms with Gasteiger partial charge < -0.3 is 4.74 Å². The molecule has 0 N–H and O–H groups in total. The van der Waals surface area contributed by atoms with Crippen LogP contribution in [0.15, 0.2) is 36.5 Å². The highest BCUT2D eigenvalue weighted by molar-refractivity contribution is 5.85. The van der Waals surface area contributed by atoms with E-state index in [2.05, 4.69) is 15.1 Å². The highest BCUT2D eigenvalue weighted by Gasteiger charge is 2.30. The maximum atomic E-state index is 12.7. The molecule has 0 amide bonds. The number of carbonyl (C=O) groups is 1. The minimum atomic E-state index is -4.45. The van der Waals surface area contributed by atoms with Gasteiger partial charge in [-0.2, -0.15) is 18.2 Å². The van der Waals surface area contributed by atoms with Crippen molar-refractivity contribution in [3.8, 4) is 0 Å². The third kappa shape index (κ3) is 3.19. The molecule has 9 heteroatoms. The predicted octanol–water partition coefficient (Wildman–Crippen LogP) is 2.81. The highest BCUT2D eigenvalue weighted by Crippen LogP contribution is 2.29. The summed E-state index contributed by atoms with van der Waals surface area (Å²) in [5, 5.41) is 3.97. The Morgan fingerprint density at radius 2 is 2.08 bits per heavy atom. The summed E-state index contributed by atoms with van der Waals surface area (Å²) in [5.74, 6) is -0.804. The molecule has 0 aliphatic heterocycles. The smallest absolute Gasteiger partial charge is 0.416 e. The number of esters is 1. The van der Waals surface area contributed by atoms with Crippen molar-refractivity contribution < 1.29 is 22.7 Å². The molecule has 3 aromatic rings. The monoisotopic (exact) mass is 336 g/mol. The van der Waals surface area contributed by atoms with E-state index in [0.717, 1.165) is 17.8 Å². The second kappa shape index (κ2) is 5.91. The van der Waals surface area contributed by atoms with Crippen molar-refractivity contribution >= 4 is 11.7 Å². The van der Waals surface area contributed by atoms with E-state index < -0.39 is 17.7 Å². The normalized spacial score (nSPS) is 11.7. The van der Waals surface area contributed by atoms with Gasteiger partial charge in [-0.1, -0.05) is 12.1 Å². The number of hydrogen-bond donors (Lipinski definition) is 0. The topological polar surface area (TPSA) is 69.4 Å². The molecule has 124 valence electrons. The van der Waals surface area contributed by atoms with Crippen molar-refractivity contribution in [2.75, 3.05) is 0 Å². The predicted molar refractivity (Wildman–Crippen MR) is 76.1 cm³/mol. The molecule has 0 aliphatic carbocycles. The van der Waals surface area contributed by atoms with Gasteiger partial charge in [-0.25, -0.2) is 14.3 Å². The van der Waals surface area contributed by atoms with Crippen LogP contribution in [0, 0.1) is 6.92 Å². The third-order valence-electron chi connectivity index (χ3n) is 3.24. The van der Waals surface area contributed by atoms with Gasteiger partial charge in [0.05, 0.1) is 5.56 Å². The van der Waals surface area contributed by atoms with Gasteiger partial charge in [-0.05, 0) is 30.7 Å². The lowest BCUT2D eigenvalue weighted by Crippen LogP contribution is -2.09. The molecular weight excluding hydrogens is 325 g/mol. The molecule has 2 aromatic heterocycles. The molecular formula is C15H11F3N4O2. The second-order valence-electron chi connectivity index (χ2n) is 5.01. The number of fused-ring (bicyclic) bond motifs is 1. The molecule has 0 aliphatic rings. The maximum absolute atomic E-state index is 12.7. The van der Waals surface area contributed by atoms with E-state index in [0.29, 0.717) is 0 Å². The Kier molecular flexibility index (Phi) is 3.92. The summed E-state index contributed by atoms with van der Waals surface area (Å²) < 4.78 is 44.3. The minimum Gasteiger partial charge on any atom is -0.455 e. The molecule has 0 saturated heterocycles. The molecule has 0 spiro atoms. The fourth-order valence-corrected chi connectivity index (χ4v) is 2.04. The number of nitrogens with zero attached hydrogens (tertiary/aromatic N) is 4. The molecule has 24 heavy (non-hydrogen) atoms. The summed E-state index contributed by atoms with van der Waals surface area (Å²) in [6.07, 6.45) is -2.93. The Morgan fingerprint density at radius 3 is 2.79 bits per heavy atom. The average Bonchev–Trinajstić information content (AvgIpc) is 2.98. The number of rotatable bonds is 3. The first-order chi connectivity index (χ1) is 11.3. The van der Waals surface area contributed by atoms with Crippen LogP contribution in [0.2, 0.25) is 0 Å². The molecule has 3 rings (SSSR count). The van der Waals surface area contributed by atoms with E-state index in [1.165, 1.54) is 22.8 Å². The summed E-state index contributed by atoms with van der Waals surface area (Å²) in [4.78, 5) is 19.9. The number of ether oxygens (including phenoxy) is 1. The summed E-state index contributed by atoms with van der Waals surface area (Å²) in [6, 6.07) is 6.26. The Morgan fingerprint density at radius 1 is 1.29 bits per heavy atom. The number of alkyl halides is 3. The van der Waals surface area contributed by atoms with Crippen LogP contribution in [0.25, 0.3) is 5.78 Å². The lowest BCUT2D eigenvalue weighted by Gasteiger charge is -2.08. The van der Waals surface area contributed by atoms with Crippen molar-refractivity contribution in [2.45, 2.75) is 19.7 Å². The Hall–Kier alpha value is -2.97. The van der Waals surface area contributed by atoms with E-state index in [4.69, 9.17) is 4.74 Å². The molecule has 2 heterocycles. The van der Waals surface area contributed by atoms with Gasteiger partial charge in [0, 0.05) is 11.9 Å².